The number of nitrogens with one attached hydrogen (secondary N) is 1. The van der Waals surface area contributed by atoms with Crippen LogP contribution in [0.25, 0.3) is 0 Å². The molecule has 0 saturated carbocycles. The highest BCUT2D eigenvalue weighted by atomic mass is 32.2. The van der Waals surface area contributed by atoms with Crippen LogP contribution in [0.2, 0.25) is 0 Å². The van der Waals surface area contributed by atoms with E-state index in [1.54, 1.807) is 0 Å². The van der Waals surface area contributed by atoms with Crippen molar-refractivity contribution in [1.82, 2.24) is 5.32 Å². The van der Waals surface area contributed by atoms with Gasteiger partial charge in [-0.15, -0.1) is 11.8 Å². The maximum Gasteiger partial charge on any atom is 0.230 e. The molecule has 1 saturated heterocycles. The summed E-state index contributed by atoms with van der Waals surface area (Å²) in [6, 6.07) is 8.38. The molecule has 2 atom stereocenters. The Kier molecular flexibility index (Phi) is 4.78. The van der Waals surface area contributed by atoms with Gasteiger partial charge in [0.15, 0.2) is 9.84 Å². The van der Waals surface area contributed by atoms with Crippen LogP contribution in [0.1, 0.15) is 36.4 Å². The lowest BCUT2D eigenvalue weighted by molar-refractivity contribution is -0.119. The smallest absolute Gasteiger partial charge is 0.230 e. The third-order valence-electron chi connectivity index (χ3n) is 4.35. The Hall–Kier alpha value is -1.01. The Morgan fingerprint density at radius 2 is 2.09 bits per heavy atom. The van der Waals surface area contributed by atoms with Crippen molar-refractivity contribution in [3.8, 4) is 0 Å². The zero-order valence-corrected chi connectivity index (χ0v) is 14.1. The van der Waals surface area contributed by atoms with Gasteiger partial charge < -0.3 is 5.32 Å². The van der Waals surface area contributed by atoms with E-state index in [9.17, 15) is 13.2 Å². The number of amides is 1. The van der Waals surface area contributed by atoms with Gasteiger partial charge in [-0.3, -0.25) is 4.79 Å². The molecule has 1 aliphatic heterocycles. The number of fused-ring (bicyclic) bond motifs is 1. The van der Waals surface area contributed by atoms with E-state index in [-0.39, 0.29) is 28.7 Å². The van der Waals surface area contributed by atoms with Crippen molar-refractivity contribution >= 4 is 27.5 Å². The van der Waals surface area contributed by atoms with E-state index in [0.717, 1.165) is 19.3 Å². The molecular weight excluding hydrogens is 318 g/mol. The van der Waals surface area contributed by atoms with E-state index in [2.05, 4.69) is 17.4 Å². The van der Waals surface area contributed by atoms with Gasteiger partial charge in [-0.05, 0) is 36.8 Å². The second-order valence-corrected chi connectivity index (χ2v) is 9.56. The number of sulfone groups is 1. The van der Waals surface area contributed by atoms with Crippen LogP contribution in [0.4, 0.5) is 0 Å². The first-order chi connectivity index (χ1) is 10.5. The van der Waals surface area contributed by atoms with Crippen LogP contribution in [-0.2, 0) is 21.1 Å². The maximum atomic E-state index is 12.2. The summed E-state index contributed by atoms with van der Waals surface area (Å²) in [5, 5.41) is 3.19. The van der Waals surface area contributed by atoms with Gasteiger partial charge in [-0.25, -0.2) is 8.42 Å². The molecule has 1 heterocycles. The summed E-state index contributed by atoms with van der Waals surface area (Å²) in [6.45, 7) is 0. The summed E-state index contributed by atoms with van der Waals surface area (Å²) in [5.41, 5.74) is 2.56. The van der Waals surface area contributed by atoms with E-state index >= 15 is 0 Å². The molecule has 1 amide bonds. The molecule has 0 radical (unpaired) electrons. The average Bonchev–Trinajstić information content (AvgIpc) is 2.85. The van der Waals surface area contributed by atoms with E-state index in [1.807, 2.05) is 12.1 Å². The lowest BCUT2D eigenvalue weighted by atomic mass is 9.88. The largest absolute Gasteiger partial charge is 0.349 e. The van der Waals surface area contributed by atoms with Crippen LogP contribution in [0, 0.1) is 0 Å². The summed E-state index contributed by atoms with van der Waals surface area (Å²) in [4.78, 5) is 12.2. The molecule has 0 spiro atoms. The van der Waals surface area contributed by atoms with E-state index < -0.39 is 9.84 Å². The van der Waals surface area contributed by atoms with Crippen LogP contribution in [-0.4, -0.2) is 36.8 Å². The van der Waals surface area contributed by atoms with E-state index in [1.165, 1.54) is 22.9 Å². The molecule has 0 aromatic heterocycles. The highest BCUT2D eigenvalue weighted by molar-refractivity contribution is 8.02. The predicted octanol–water partition coefficient (Wildman–Crippen LogP) is 2.10. The van der Waals surface area contributed by atoms with Crippen molar-refractivity contribution in [3.05, 3.63) is 35.4 Å². The molecular formula is C16H21NO3S2. The normalized spacial score (nSPS) is 26.4. The fourth-order valence-electron chi connectivity index (χ4n) is 3.23. The second kappa shape index (κ2) is 6.62. The number of carbonyl (C=O) groups is 1. The van der Waals surface area contributed by atoms with E-state index in [4.69, 9.17) is 0 Å². The maximum absolute atomic E-state index is 12.2. The van der Waals surface area contributed by atoms with Crippen LogP contribution in [0.3, 0.4) is 0 Å². The van der Waals surface area contributed by atoms with E-state index in [0.29, 0.717) is 12.2 Å². The van der Waals surface area contributed by atoms with Crippen molar-refractivity contribution < 1.29 is 13.2 Å². The summed E-state index contributed by atoms with van der Waals surface area (Å²) in [5.74, 6) is 0.842. The third-order valence-corrected chi connectivity index (χ3v) is 7.63. The van der Waals surface area contributed by atoms with Gasteiger partial charge in [0.25, 0.3) is 0 Å². The van der Waals surface area contributed by atoms with Crippen LogP contribution in [0.5, 0.6) is 0 Å². The number of hydrogen-bond acceptors (Lipinski definition) is 4. The molecule has 1 N–H and O–H groups in total. The van der Waals surface area contributed by atoms with Crippen LogP contribution in [0.15, 0.2) is 24.3 Å². The highest BCUT2D eigenvalue weighted by Gasteiger charge is 2.29. The van der Waals surface area contributed by atoms with Gasteiger partial charge in [0.2, 0.25) is 5.91 Å². The minimum Gasteiger partial charge on any atom is -0.349 e. The predicted molar refractivity (Wildman–Crippen MR) is 89.8 cm³/mol. The molecule has 1 aromatic carbocycles. The summed E-state index contributed by atoms with van der Waals surface area (Å²) >= 11 is 1.47. The zero-order chi connectivity index (χ0) is 15.6. The minimum absolute atomic E-state index is 0.0102. The van der Waals surface area contributed by atoms with Gasteiger partial charge in [-0.2, -0.15) is 0 Å². The Morgan fingerprint density at radius 3 is 2.86 bits per heavy atom. The minimum atomic E-state index is -2.86. The van der Waals surface area contributed by atoms with Crippen molar-refractivity contribution in [1.29, 1.82) is 0 Å². The first-order valence-electron chi connectivity index (χ1n) is 7.73. The molecule has 0 bridgehead atoms. The van der Waals surface area contributed by atoms with Gasteiger partial charge in [0.1, 0.15) is 0 Å². The molecule has 2 aliphatic rings. The molecule has 120 valence electrons. The Balaban J connectivity index is 1.53. The van der Waals surface area contributed by atoms with Gasteiger partial charge >= 0.3 is 0 Å². The number of carbonyl (C=O) groups excluding carboxylic acids is 1. The first-order valence-corrected chi connectivity index (χ1v) is 10.6. The molecule has 4 nitrogen and oxygen atoms in total. The molecule has 2 unspecified atom stereocenters. The Morgan fingerprint density at radius 1 is 1.27 bits per heavy atom. The number of hydrogen-bond donors (Lipinski definition) is 1. The highest BCUT2D eigenvalue weighted by Crippen LogP contribution is 2.30. The van der Waals surface area contributed by atoms with Crippen LogP contribution >= 0.6 is 11.8 Å². The molecule has 3 rings (SSSR count). The number of rotatable bonds is 4. The number of thioether (sulfide) groups is 1. The topological polar surface area (TPSA) is 63.2 Å². The number of benzene rings is 1. The summed E-state index contributed by atoms with van der Waals surface area (Å²) in [6.07, 6.45) is 3.82. The van der Waals surface area contributed by atoms with Crippen LogP contribution < -0.4 is 5.32 Å². The molecule has 22 heavy (non-hydrogen) atoms. The van der Waals surface area contributed by atoms with Crippen molar-refractivity contribution in [2.45, 2.75) is 37.0 Å². The zero-order valence-electron chi connectivity index (χ0n) is 12.5. The first kappa shape index (κ1) is 15.9. The molecule has 1 aliphatic carbocycles. The quantitative estimate of drug-likeness (QED) is 0.912. The molecule has 1 aromatic rings. The number of aryl methyl sites for hydroxylation is 1. The summed E-state index contributed by atoms with van der Waals surface area (Å²) < 4.78 is 22.9. The Labute approximate surface area is 136 Å². The summed E-state index contributed by atoms with van der Waals surface area (Å²) in [7, 11) is -2.86. The monoisotopic (exact) mass is 339 g/mol. The average molecular weight is 339 g/mol. The van der Waals surface area contributed by atoms with Gasteiger partial charge in [0.05, 0.1) is 23.3 Å². The lowest BCUT2D eigenvalue weighted by Gasteiger charge is -2.26. The lowest BCUT2D eigenvalue weighted by Crippen LogP contribution is -2.32. The molecule has 6 heteroatoms. The standard InChI is InChI=1S/C16H21NO3S2/c18-16(10-21-13-8-9-22(19,20)11-13)17-15-7-3-5-12-4-1-2-6-14(12)15/h1-2,4,6,13,15H,3,5,7-11H2,(H,17,18). The fraction of sp³-hybridized carbons (Fsp3) is 0.562. The van der Waals surface area contributed by atoms with Gasteiger partial charge in [-0.1, -0.05) is 24.3 Å². The van der Waals surface area contributed by atoms with Crippen molar-refractivity contribution in [2.75, 3.05) is 17.3 Å². The molecule has 1 fully saturated rings. The fourth-order valence-corrected chi connectivity index (χ4v) is 6.68. The SMILES string of the molecule is O=C(CSC1CCS(=O)(=O)C1)NC1CCCc2ccccc21. The van der Waals surface area contributed by atoms with Crippen molar-refractivity contribution in [3.63, 3.8) is 0 Å². The second-order valence-electron chi connectivity index (χ2n) is 6.05. The Bertz CT molecular complexity index is 657. The third kappa shape index (κ3) is 3.84. The van der Waals surface area contributed by atoms with Gasteiger partial charge in [0, 0.05) is 5.25 Å². The van der Waals surface area contributed by atoms with Crippen molar-refractivity contribution in [2.24, 2.45) is 0 Å².